The van der Waals surface area contributed by atoms with Crippen molar-refractivity contribution in [2.24, 2.45) is 0 Å². The molecule has 0 aromatic heterocycles. The highest BCUT2D eigenvalue weighted by Crippen LogP contribution is 2.23. The van der Waals surface area contributed by atoms with Crippen LogP contribution in [-0.2, 0) is 0 Å². The summed E-state index contributed by atoms with van der Waals surface area (Å²) in [7, 11) is 0. The lowest BCUT2D eigenvalue weighted by molar-refractivity contribution is 0.252. The van der Waals surface area contributed by atoms with Gasteiger partial charge in [0, 0.05) is 28.9 Å². The number of amides is 4. The minimum absolute atomic E-state index is 0.163. The van der Waals surface area contributed by atoms with Crippen LogP contribution in [0.5, 0.6) is 0 Å². The molecule has 1 saturated heterocycles. The molecule has 9 heteroatoms. The van der Waals surface area contributed by atoms with Gasteiger partial charge in [0.2, 0.25) is 0 Å². The number of hydrogen-bond acceptors (Lipinski definition) is 3. The van der Waals surface area contributed by atoms with Crippen molar-refractivity contribution in [3.63, 3.8) is 0 Å². The zero-order chi connectivity index (χ0) is 17.8. The Labute approximate surface area is 151 Å². The summed E-state index contributed by atoms with van der Waals surface area (Å²) < 4.78 is 13.5. The lowest BCUT2D eigenvalue weighted by atomic mass is 10.2. The van der Waals surface area contributed by atoms with E-state index in [1.807, 2.05) is 0 Å². The minimum Gasteiger partial charge on any atom is -0.336 e. The smallest absolute Gasteiger partial charge is 0.336 e. The van der Waals surface area contributed by atoms with Crippen molar-refractivity contribution < 1.29 is 14.0 Å². The predicted octanol–water partition coefficient (Wildman–Crippen LogP) is 3.27. The largest absolute Gasteiger partial charge is 0.337 e. The summed E-state index contributed by atoms with van der Waals surface area (Å²) in [6.07, 6.45) is 0. The molecule has 0 spiro atoms. The van der Waals surface area contributed by atoms with Crippen LogP contribution in [0.25, 0.3) is 0 Å². The standard InChI is InChI=1S/C16H15BrFN5O2/c17-13-8-10(18)4-5-14(13)21-22-15(24)20-11-2-1-3-12(9-11)23-7-6-19-16(23)25/h1-5,8-9,21H,6-7H2,(H,19,25)(H2,20,22,24). The highest BCUT2D eigenvalue weighted by molar-refractivity contribution is 9.10. The fraction of sp³-hybridized carbons (Fsp3) is 0.125. The minimum atomic E-state index is -0.501. The van der Waals surface area contributed by atoms with Gasteiger partial charge in [-0.3, -0.25) is 15.8 Å². The number of halogens is 2. The van der Waals surface area contributed by atoms with E-state index in [2.05, 4.69) is 37.4 Å². The third kappa shape index (κ3) is 4.18. The molecule has 3 rings (SSSR count). The molecule has 0 bridgehead atoms. The number of carbonyl (C=O) groups excluding carboxylic acids is 2. The molecular formula is C16H15BrFN5O2. The predicted molar refractivity (Wildman–Crippen MR) is 97.1 cm³/mol. The highest BCUT2D eigenvalue weighted by atomic mass is 79.9. The van der Waals surface area contributed by atoms with E-state index < -0.39 is 6.03 Å². The van der Waals surface area contributed by atoms with E-state index >= 15 is 0 Å². The fourth-order valence-corrected chi connectivity index (χ4v) is 2.80. The van der Waals surface area contributed by atoms with Crippen molar-refractivity contribution >= 4 is 45.1 Å². The number of urea groups is 2. The maximum Gasteiger partial charge on any atom is 0.337 e. The number of nitrogens with zero attached hydrogens (tertiary/aromatic N) is 1. The van der Waals surface area contributed by atoms with E-state index in [1.165, 1.54) is 18.2 Å². The van der Waals surface area contributed by atoms with Crippen molar-refractivity contribution in [3.05, 3.63) is 52.8 Å². The van der Waals surface area contributed by atoms with Crippen LogP contribution in [0.2, 0.25) is 0 Å². The molecule has 130 valence electrons. The molecule has 4 amide bonds. The second kappa shape index (κ2) is 7.39. The SMILES string of the molecule is O=C(NNc1ccc(F)cc1Br)Nc1cccc(N2CCNC2=O)c1. The van der Waals surface area contributed by atoms with Crippen molar-refractivity contribution in [1.82, 2.24) is 10.7 Å². The van der Waals surface area contributed by atoms with Gasteiger partial charge in [0.25, 0.3) is 0 Å². The summed E-state index contributed by atoms with van der Waals surface area (Å²) in [4.78, 5) is 25.3. The zero-order valence-electron chi connectivity index (χ0n) is 13.0. The average molecular weight is 408 g/mol. The summed E-state index contributed by atoms with van der Waals surface area (Å²) in [5.74, 6) is -0.385. The lowest BCUT2D eigenvalue weighted by Gasteiger charge is -2.16. The van der Waals surface area contributed by atoms with Gasteiger partial charge in [-0.05, 0) is 52.3 Å². The van der Waals surface area contributed by atoms with Crippen molar-refractivity contribution in [2.75, 3.05) is 28.7 Å². The van der Waals surface area contributed by atoms with E-state index in [1.54, 1.807) is 29.2 Å². The van der Waals surface area contributed by atoms with E-state index in [9.17, 15) is 14.0 Å². The Kier molecular flexibility index (Phi) is 5.03. The van der Waals surface area contributed by atoms with Crippen molar-refractivity contribution in [1.29, 1.82) is 0 Å². The third-order valence-electron chi connectivity index (χ3n) is 3.51. The summed E-state index contributed by atoms with van der Waals surface area (Å²) in [5.41, 5.74) is 6.89. The van der Waals surface area contributed by atoms with Crippen molar-refractivity contribution in [2.45, 2.75) is 0 Å². The Bertz CT molecular complexity index is 817. The van der Waals surface area contributed by atoms with E-state index in [0.29, 0.717) is 34.6 Å². The first-order chi connectivity index (χ1) is 12.0. The topological polar surface area (TPSA) is 85.5 Å². The molecule has 1 heterocycles. The monoisotopic (exact) mass is 407 g/mol. The van der Waals surface area contributed by atoms with Gasteiger partial charge < -0.3 is 10.6 Å². The molecule has 25 heavy (non-hydrogen) atoms. The summed E-state index contributed by atoms with van der Waals surface area (Å²) in [6.45, 7) is 1.17. The van der Waals surface area contributed by atoms with Crippen LogP contribution in [-0.4, -0.2) is 25.2 Å². The highest BCUT2D eigenvalue weighted by Gasteiger charge is 2.21. The molecule has 0 saturated carbocycles. The number of nitrogens with one attached hydrogen (secondary N) is 4. The second-order valence-electron chi connectivity index (χ2n) is 5.26. The van der Waals surface area contributed by atoms with Gasteiger partial charge in [-0.15, -0.1) is 0 Å². The summed E-state index contributed by atoms with van der Waals surface area (Å²) in [5, 5.41) is 5.38. The van der Waals surface area contributed by atoms with E-state index in [-0.39, 0.29) is 11.8 Å². The number of hydrogen-bond donors (Lipinski definition) is 4. The molecule has 7 nitrogen and oxygen atoms in total. The number of rotatable bonds is 4. The Morgan fingerprint density at radius 3 is 2.80 bits per heavy atom. The van der Waals surface area contributed by atoms with E-state index in [4.69, 9.17) is 0 Å². The maximum atomic E-state index is 13.0. The molecule has 1 fully saturated rings. The molecule has 1 aliphatic rings. The van der Waals surface area contributed by atoms with Crippen LogP contribution in [0.1, 0.15) is 0 Å². The number of benzene rings is 2. The molecule has 2 aromatic carbocycles. The van der Waals surface area contributed by atoms with Gasteiger partial charge >= 0.3 is 12.1 Å². The summed E-state index contributed by atoms with van der Waals surface area (Å²) >= 11 is 3.20. The van der Waals surface area contributed by atoms with Crippen LogP contribution < -0.4 is 26.4 Å². The molecule has 0 aliphatic carbocycles. The zero-order valence-corrected chi connectivity index (χ0v) is 14.6. The van der Waals surface area contributed by atoms with Gasteiger partial charge in [0.15, 0.2) is 0 Å². The van der Waals surface area contributed by atoms with E-state index in [0.717, 1.165) is 0 Å². The third-order valence-corrected chi connectivity index (χ3v) is 4.17. The molecule has 2 aromatic rings. The van der Waals surface area contributed by atoms with Crippen LogP contribution in [0.15, 0.2) is 46.9 Å². The first-order valence-electron chi connectivity index (χ1n) is 7.46. The first-order valence-corrected chi connectivity index (χ1v) is 8.26. The Morgan fingerprint density at radius 2 is 2.08 bits per heavy atom. The molecule has 1 aliphatic heterocycles. The number of carbonyl (C=O) groups is 2. The molecule has 4 N–H and O–H groups in total. The maximum absolute atomic E-state index is 13.0. The molecule has 0 atom stereocenters. The molecule has 0 radical (unpaired) electrons. The van der Waals surface area contributed by atoms with Gasteiger partial charge in [0.1, 0.15) is 5.82 Å². The van der Waals surface area contributed by atoms with Gasteiger partial charge in [-0.2, -0.15) is 0 Å². The Morgan fingerprint density at radius 1 is 1.24 bits per heavy atom. The lowest BCUT2D eigenvalue weighted by Crippen LogP contribution is -2.33. The van der Waals surface area contributed by atoms with Crippen LogP contribution in [0.4, 0.5) is 31.0 Å². The molecular weight excluding hydrogens is 393 g/mol. The fourth-order valence-electron chi connectivity index (χ4n) is 2.35. The molecule has 0 unspecified atom stereocenters. The Balaban J connectivity index is 1.60. The van der Waals surface area contributed by atoms with Crippen LogP contribution in [0.3, 0.4) is 0 Å². The van der Waals surface area contributed by atoms with Gasteiger partial charge in [-0.25, -0.2) is 14.0 Å². The van der Waals surface area contributed by atoms with Crippen LogP contribution in [0, 0.1) is 5.82 Å². The quantitative estimate of drug-likeness (QED) is 0.586. The van der Waals surface area contributed by atoms with Crippen molar-refractivity contribution in [3.8, 4) is 0 Å². The first kappa shape index (κ1) is 17.0. The van der Waals surface area contributed by atoms with Gasteiger partial charge in [0.05, 0.1) is 5.69 Å². The second-order valence-corrected chi connectivity index (χ2v) is 6.12. The average Bonchev–Trinajstić information content (AvgIpc) is 3.00. The normalized spacial score (nSPS) is 13.4. The summed E-state index contributed by atoms with van der Waals surface area (Å²) in [6, 6.07) is 10.4. The van der Waals surface area contributed by atoms with Crippen LogP contribution >= 0.6 is 15.9 Å². The number of hydrazine groups is 1. The number of anilines is 3. The Hall–Kier alpha value is -2.81. The van der Waals surface area contributed by atoms with Gasteiger partial charge in [-0.1, -0.05) is 6.07 Å².